The molecule has 6 heteroatoms. The zero-order chi connectivity index (χ0) is 14.8. The molecule has 1 saturated heterocycles. The highest BCUT2D eigenvalue weighted by molar-refractivity contribution is 7.11. The summed E-state index contributed by atoms with van der Waals surface area (Å²) in [5.41, 5.74) is 0.650. The van der Waals surface area contributed by atoms with Crippen molar-refractivity contribution >= 4 is 28.8 Å². The highest BCUT2D eigenvalue weighted by atomic mass is 35.5. The standard InChI is InChI=1S/C15H16ClN3OS/c1-10-17-18-14(21-10)12-5-3-7-19(9-12)15(20)11-4-2-6-13(16)8-11/h2,4,6,8,12H,3,5,7,9H2,1H3. The van der Waals surface area contributed by atoms with Gasteiger partial charge in [-0.15, -0.1) is 21.5 Å². The maximum Gasteiger partial charge on any atom is 0.253 e. The number of carbonyl (C=O) groups is 1. The van der Waals surface area contributed by atoms with Crippen molar-refractivity contribution in [3.05, 3.63) is 44.9 Å². The van der Waals surface area contributed by atoms with Crippen molar-refractivity contribution < 1.29 is 4.79 Å². The lowest BCUT2D eigenvalue weighted by atomic mass is 9.98. The molecule has 1 aliphatic rings. The summed E-state index contributed by atoms with van der Waals surface area (Å²) in [6, 6.07) is 7.13. The molecule has 1 aromatic heterocycles. The monoisotopic (exact) mass is 321 g/mol. The number of amides is 1. The van der Waals surface area contributed by atoms with Crippen LogP contribution in [0.15, 0.2) is 24.3 Å². The van der Waals surface area contributed by atoms with E-state index in [4.69, 9.17) is 11.6 Å². The number of hydrogen-bond acceptors (Lipinski definition) is 4. The predicted octanol–water partition coefficient (Wildman–Crippen LogP) is 3.52. The number of likely N-dealkylation sites (tertiary alicyclic amines) is 1. The normalized spacial score (nSPS) is 18.8. The Labute approximate surface area is 132 Å². The second-order valence-corrected chi connectivity index (χ2v) is 6.91. The van der Waals surface area contributed by atoms with Crippen LogP contribution in [0.1, 0.15) is 39.1 Å². The molecule has 1 fully saturated rings. The largest absolute Gasteiger partial charge is 0.338 e. The van der Waals surface area contributed by atoms with Gasteiger partial charge in [0.1, 0.15) is 10.0 Å². The summed E-state index contributed by atoms with van der Waals surface area (Å²) in [5, 5.41) is 10.9. The molecule has 0 bridgehead atoms. The number of benzene rings is 1. The van der Waals surface area contributed by atoms with Crippen LogP contribution in [-0.4, -0.2) is 34.1 Å². The van der Waals surface area contributed by atoms with Crippen molar-refractivity contribution in [3.63, 3.8) is 0 Å². The van der Waals surface area contributed by atoms with Gasteiger partial charge in [-0.1, -0.05) is 17.7 Å². The molecule has 3 rings (SSSR count). The third-order valence-corrected chi connectivity index (χ3v) is 4.91. The minimum Gasteiger partial charge on any atom is -0.338 e. The molecular formula is C15H16ClN3OS. The van der Waals surface area contributed by atoms with E-state index in [1.807, 2.05) is 24.0 Å². The number of hydrogen-bond donors (Lipinski definition) is 0. The number of aromatic nitrogens is 2. The number of piperidine rings is 1. The summed E-state index contributed by atoms with van der Waals surface area (Å²) < 4.78 is 0. The van der Waals surface area contributed by atoms with Crippen molar-refractivity contribution in [2.45, 2.75) is 25.7 Å². The van der Waals surface area contributed by atoms with E-state index < -0.39 is 0 Å². The number of carbonyl (C=O) groups excluding carboxylic acids is 1. The van der Waals surface area contributed by atoms with Gasteiger partial charge in [0.05, 0.1) is 0 Å². The SMILES string of the molecule is Cc1nnc(C2CCCN(C(=O)c3cccc(Cl)c3)C2)s1. The number of aryl methyl sites for hydroxylation is 1. The van der Waals surface area contributed by atoms with Crippen LogP contribution >= 0.6 is 22.9 Å². The summed E-state index contributed by atoms with van der Waals surface area (Å²) in [5.74, 6) is 0.344. The van der Waals surface area contributed by atoms with Crippen molar-refractivity contribution in [1.82, 2.24) is 15.1 Å². The third kappa shape index (κ3) is 3.24. The molecule has 0 spiro atoms. The zero-order valence-corrected chi connectivity index (χ0v) is 13.3. The molecule has 4 nitrogen and oxygen atoms in total. The van der Waals surface area contributed by atoms with Gasteiger partial charge in [0, 0.05) is 29.6 Å². The van der Waals surface area contributed by atoms with Crippen LogP contribution in [0.25, 0.3) is 0 Å². The van der Waals surface area contributed by atoms with Crippen molar-refractivity contribution in [2.75, 3.05) is 13.1 Å². The van der Waals surface area contributed by atoms with Crippen LogP contribution in [0.2, 0.25) is 5.02 Å². The fourth-order valence-corrected chi connectivity index (χ4v) is 3.66. The van der Waals surface area contributed by atoms with E-state index in [0.29, 0.717) is 23.0 Å². The molecule has 0 aliphatic carbocycles. The Morgan fingerprint density at radius 3 is 3.00 bits per heavy atom. The Hall–Kier alpha value is -1.46. The van der Waals surface area contributed by atoms with Gasteiger partial charge in [-0.25, -0.2) is 0 Å². The smallest absolute Gasteiger partial charge is 0.253 e. The van der Waals surface area contributed by atoms with Gasteiger partial charge < -0.3 is 4.90 Å². The number of nitrogens with zero attached hydrogens (tertiary/aromatic N) is 3. The minimum atomic E-state index is 0.0448. The van der Waals surface area contributed by atoms with E-state index in [1.54, 1.807) is 23.5 Å². The third-order valence-electron chi connectivity index (χ3n) is 3.67. The Kier molecular flexibility index (Phi) is 4.22. The Morgan fingerprint density at radius 1 is 1.43 bits per heavy atom. The van der Waals surface area contributed by atoms with Crippen molar-refractivity contribution in [2.24, 2.45) is 0 Å². The van der Waals surface area contributed by atoms with E-state index in [-0.39, 0.29) is 5.91 Å². The van der Waals surface area contributed by atoms with E-state index in [9.17, 15) is 4.79 Å². The van der Waals surface area contributed by atoms with E-state index in [1.165, 1.54) is 0 Å². The Morgan fingerprint density at radius 2 is 2.29 bits per heavy atom. The summed E-state index contributed by atoms with van der Waals surface area (Å²) in [6.45, 7) is 3.46. The van der Waals surface area contributed by atoms with E-state index >= 15 is 0 Å². The maximum atomic E-state index is 12.6. The lowest BCUT2D eigenvalue weighted by Gasteiger charge is -2.31. The molecule has 1 atom stereocenters. The van der Waals surface area contributed by atoms with Crippen molar-refractivity contribution in [1.29, 1.82) is 0 Å². The molecule has 1 aliphatic heterocycles. The molecule has 0 N–H and O–H groups in total. The van der Waals surface area contributed by atoms with Crippen LogP contribution < -0.4 is 0 Å². The predicted molar refractivity (Wildman–Crippen MR) is 84.0 cm³/mol. The van der Waals surface area contributed by atoms with Gasteiger partial charge in [0.25, 0.3) is 5.91 Å². The molecule has 1 amide bonds. The van der Waals surface area contributed by atoms with Gasteiger partial charge in [0.15, 0.2) is 0 Å². The van der Waals surface area contributed by atoms with Gasteiger partial charge in [-0.05, 0) is 38.0 Å². The van der Waals surface area contributed by atoms with Crippen LogP contribution in [0, 0.1) is 6.92 Å². The second kappa shape index (κ2) is 6.12. The quantitative estimate of drug-likeness (QED) is 0.850. The average Bonchev–Trinajstić information content (AvgIpc) is 2.93. The lowest BCUT2D eigenvalue weighted by molar-refractivity contribution is 0.0707. The number of rotatable bonds is 2. The average molecular weight is 322 g/mol. The zero-order valence-electron chi connectivity index (χ0n) is 11.8. The molecular weight excluding hydrogens is 306 g/mol. The summed E-state index contributed by atoms with van der Waals surface area (Å²) in [4.78, 5) is 14.5. The maximum absolute atomic E-state index is 12.6. The first-order chi connectivity index (χ1) is 10.1. The first-order valence-corrected chi connectivity index (χ1v) is 8.18. The molecule has 2 heterocycles. The first kappa shape index (κ1) is 14.5. The molecule has 0 saturated carbocycles. The Balaban J connectivity index is 1.75. The van der Waals surface area contributed by atoms with E-state index in [0.717, 1.165) is 29.4 Å². The minimum absolute atomic E-state index is 0.0448. The van der Waals surface area contributed by atoms with Crippen LogP contribution in [-0.2, 0) is 0 Å². The molecule has 2 aromatic rings. The summed E-state index contributed by atoms with van der Waals surface area (Å²) in [6.07, 6.45) is 2.06. The summed E-state index contributed by atoms with van der Waals surface area (Å²) >= 11 is 7.59. The molecule has 1 unspecified atom stereocenters. The lowest BCUT2D eigenvalue weighted by Crippen LogP contribution is -2.39. The van der Waals surface area contributed by atoms with Crippen LogP contribution in [0.5, 0.6) is 0 Å². The highest BCUT2D eigenvalue weighted by Crippen LogP contribution is 2.29. The molecule has 21 heavy (non-hydrogen) atoms. The Bertz CT molecular complexity index is 658. The fourth-order valence-electron chi connectivity index (χ4n) is 2.64. The van der Waals surface area contributed by atoms with Gasteiger partial charge in [-0.2, -0.15) is 0 Å². The van der Waals surface area contributed by atoms with Gasteiger partial charge in [0.2, 0.25) is 0 Å². The van der Waals surface area contributed by atoms with Gasteiger partial charge >= 0.3 is 0 Å². The number of halogens is 1. The van der Waals surface area contributed by atoms with Crippen LogP contribution in [0.4, 0.5) is 0 Å². The van der Waals surface area contributed by atoms with Crippen LogP contribution in [0.3, 0.4) is 0 Å². The van der Waals surface area contributed by atoms with E-state index in [2.05, 4.69) is 10.2 Å². The van der Waals surface area contributed by atoms with Crippen molar-refractivity contribution in [3.8, 4) is 0 Å². The fraction of sp³-hybridized carbons (Fsp3) is 0.400. The summed E-state index contributed by atoms with van der Waals surface area (Å²) in [7, 11) is 0. The molecule has 1 aromatic carbocycles. The van der Waals surface area contributed by atoms with Gasteiger partial charge in [-0.3, -0.25) is 4.79 Å². The molecule has 0 radical (unpaired) electrons. The highest BCUT2D eigenvalue weighted by Gasteiger charge is 2.27. The second-order valence-electron chi connectivity index (χ2n) is 5.26. The molecule has 110 valence electrons. The first-order valence-electron chi connectivity index (χ1n) is 6.98. The topological polar surface area (TPSA) is 46.1 Å².